The lowest BCUT2D eigenvalue weighted by Gasteiger charge is -2.32. The molecule has 2 unspecified atom stereocenters. The van der Waals surface area contributed by atoms with Gasteiger partial charge in [-0.1, -0.05) is 12.1 Å². The van der Waals surface area contributed by atoms with E-state index in [1.165, 1.54) is 0 Å². The summed E-state index contributed by atoms with van der Waals surface area (Å²) in [6.45, 7) is 4.54. The van der Waals surface area contributed by atoms with E-state index >= 15 is 0 Å². The second-order valence-corrected chi connectivity index (χ2v) is 7.27. The number of rotatable bonds is 4. The van der Waals surface area contributed by atoms with Crippen LogP contribution in [0.25, 0.3) is 0 Å². The lowest BCUT2D eigenvalue weighted by molar-refractivity contribution is -0.117. The minimum absolute atomic E-state index is 0.0133. The highest BCUT2D eigenvalue weighted by Crippen LogP contribution is 2.36. The van der Waals surface area contributed by atoms with Gasteiger partial charge < -0.3 is 20.3 Å². The molecule has 1 saturated heterocycles. The third-order valence-electron chi connectivity index (χ3n) is 4.90. The van der Waals surface area contributed by atoms with Gasteiger partial charge >= 0.3 is 0 Å². The van der Waals surface area contributed by atoms with E-state index < -0.39 is 0 Å². The second kappa shape index (κ2) is 6.95. The Hall–Kier alpha value is -3.02. The number of para-hydroxylation sites is 2. The monoisotopic (exact) mass is 365 g/mol. The van der Waals surface area contributed by atoms with Crippen LogP contribution in [0.3, 0.4) is 0 Å². The zero-order valence-electron chi connectivity index (χ0n) is 15.4. The molecule has 2 heterocycles. The van der Waals surface area contributed by atoms with Crippen LogP contribution in [0.2, 0.25) is 0 Å². The molecule has 2 aliphatic heterocycles. The average molecular weight is 365 g/mol. The first-order chi connectivity index (χ1) is 13.0. The van der Waals surface area contributed by atoms with Crippen LogP contribution < -0.4 is 20.3 Å². The van der Waals surface area contributed by atoms with E-state index in [0.29, 0.717) is 18.5 Å². The number of carbonyl (C=O) groups excluding carboxylic acids is 2. The first kappa shape index (κ1) is 17.4. The number of amides is 2. The maximum absolute atomic E-state index is 12.6. The smallest absolute Gasteiger partial charge is 0.251 e. The molecule has 2 aromatic carbocycles. The topological polar surface area (TPSA) is 70.7 Å². The fraction of sp³-hybridized carbons (Fsp3) is 0.333. The number of fused-ring (bicyclic) bond motifs is 3. The van der Waals surface area contributed by atoms with E-state index in [9.17, 15) is 9.59 Å². The van der Waals surface area contributed by atoms with Crippen molar-refractivity contribution in [3.05, 3.63) is 54.1 Å². The molecule has 0 aromatic heterocycles. The lowest BCUT2D eigenvalue weighted by Crippen LogP contribution is -2.44. The van der Waals surface area contributed by atoms with Crippen LogP contribution in [0.1, 0.15) is 30.6 Å². The number of carbonyl (C=O) groups is 2. The molecule has 0 saturated carbocycles. The molecule has 2 aromatic rings. The van der Waals surface area contributed by atoms with Gasteiger partial charge in [0.1, 0.15) is 11.8 Å². The number of hydrogen-bond acceptors (Lipinski definition) is 4. The predicted molar refractivity (Wildman–Crippen MR) is 104 cm³/mol. The SMILES string of the molecule is CC(C)Oc1ccc(C(=O)NC2CC3C(=O)Nc4ccccc4N3C2)cc1. The highest BCUT2D eigenvalue weighted by molar-refractivity contribution is 6.04. The molecular formula is C21H23N3O3. The van der Waals surface area contributed by atoms with E-state index in [-0.39, 0.29) is 30.0 Å². The molecule has 4 rings (SSSR count). The number of nitrogens with one attached hydrogen (secondary N) is 2. The van der Waals surface area contributed by atoms with Gasteiger partial charge in [-0.3, -0.25) is 9.59 Å². The first-order valence-corrected chi connectivity index (χ1v) is 9.25. The fourth-order valence-corrected chi connectivity index (χ4v) is 3.73. The molecule has 0 spiro atoms. The van der Waals surface area contributed by atoms with Crippen LogP contribution in [0, 0.1) is 0 Å². The molecule has 2 aliphatic rings. The summed E-state index contributed by atoms with van der Waals surface area (Å²) in [7, 11) is 0. The van der Waals surface area contributed by atoms with Gasteiger partial charge in [0.25, 0.3) is 5.91 Å². The number of hydrogen-bond donors (Lipinski definition) is 2. The molecular weight excluding hydrogens is 342 g/mol. The van der Waals surface area contributed by atoms with Crippen molar-refractivity contribution in [1.29, 1.82) is 0 Å². The van der Waals surface area contributed by atoms with Gasteiger partial charge in [-0.25, -0.2) is 0 Å². The summed E-state index contributed by atoms with van der Waals surface area (Å²) in [6, 6.07) is 14.6. The van der Waals surface area contributed by atoms with Crippen LogP contribution in [-0.4, -0.2) is 36.5 Å². The summed E-state index contributed by atoms with van der Waals surface area (Å²) >= 11 is 0. The third-order valence-corrected chi connectivity index (χ3v) is 4.90. The van der Waals surface area contributed by atoms with Crippen molar-refractivity contribution >= 4 is 23.2 Å². The molecule has 0 radical (unpaired) electrons. The normalized spacial score (nSPS) is 20.7. The molecule has 6 nitrogen and oxygen atoms in total. The standard InChI is InChI=1S/C21H23N3O3/c1-13(2)27-16-9-7-14(8-10-16)20(25)22-15-11-19-21(26)23-17-5-3-4-6-18(17)24(19)12-15/h3-10,13,15,19H,11-12H2,1-2H3,(H,22,25)(H,23,26). The quantitative estimate of drug-likeness (QED) is 0.874. The Morgan fingerprint density at radius 2 is 1.93 bits per heavy atom. The van der Waals surface area contributed by atoms with E-state index in [4.69, 9.17) is 4.74 Å². The van der Waals surface area contributed by atoms with Gasteiger partial charge in [0.2, 0.25) is 5.91 Å². The first-order valence-electron chi connectivity index (χ1n) is 9.25. The summed E-state index contributed by atoms with van der Waals surface area (Å²) in [5.41, 5.74) is 2.42. The van der Waals surface area contributed by atoms with Crippen molar-refractivity contribution in [1.82, 2.24) is 5.32 Å². The summed E-state index contributed by atoms with van der Waals surface area (Å²) in [5.74, 6) is 0.595. The molecule has 2 amide bonds. The van der Waals surface area contributed by atoms with E-state index in [1.807, 2.05) is 38.1 Å². The number of ether oxygens (including phenoxy) is 1. The summed E-state index contributed by atoms with van der Waals surface area (Å²) in [5, 5.41) is 6.01. The van der Waals surface area contributed by atoms with Crippen molar-refractivity contribution in [3.8, 4) is 5.75 Å². The summed E-state index contributed by atoms with van der Waals surface area (Å²) in [4.78, 5) is 27.1. The Morgan fingerprint density at radius 1 is 1.19 bits per heavy atom. The zero-order valence-corrected chi connectivity index (χ0v) is 15.4. The van der Waals surface area contributed by atoms with E-state index in [1.54, 1.807) is 24.3 Å². The number of benzene rings is 2. The Balaban J connectivity index is 1.44. The minimum Gasteiger partial charge on any atom is -0.491 e. The molecule has 140 valence electrons. The van der Waals surface area contributed by atoms with Gasteiger partial charge in [0.05, 0.1) is 17.5 Å². The Kier molecular flexibility index (Phi) is 4.48. The summed E-state index contributed by atoms with van der Waals surface area (Å²) in [6.07, 6.45) is 0.690. The molecule has 2 N–H and O–H groups in total. The predicted octanol–water partition coefficient (Wildman–Crippen LogP) is 2.80. The number of nitrogens with zero attached hydrogens (tertiary/aromatic N) is 1. The molecule has 6 heteroatoms. The van der Waals surface area contributed by atoms with E-state index in [2.05, 4.69) is 15.5 Å². The van der Waals surface area contributed by atoms with Gasteiger partial charge in [-0.2, -0.15) is 0 Å². The van der Waals surface area contributed by atoms with Crippen molar-refractivity contribution in [2.45, 2.75) is 38.5 Å². The maximum atomic E-state index is 12.6. The van der Waals surface area contributed by atoms with Crippen molar-refractivity contribution in [2.24, 2.45) is 0 Å². The van der Waals surface area contributed by atoms with Crippen LogP contribution in [0.4, 0.5) is 11.4 Å². The molecule has 0 bridgehead atoms. The van der Waals surface area contributed by atoms with E-state index in [0.717, 1.165) is 17.1 Å². The van der Waals surface area contributed by atoms with Gasteiger partial charge in [0.15, 0.2) is 0 Å². The molecule has 27 heavy (non-hydrogen) atoms. The molecule has 1 fully saturated rings. The van der Waals surface area contributed by atoms with Crippen molar-refractivity contribution in [2.75, 3.05) is 16.8 Å². The van der Waals surface area contributed by atoms with Crippen molar-refractivity contribution in [3.63, 3.8) is 0 Å². The Morgan fingerprint density at radius 3 is 2.67 bits per heavy atom. The highest BCUT2D eigenvalue weighted by Gasteiger charge is 2.41. The van der Waals surface area contributed by atoms with Crippen LogP contribution >= 0.6 is 0 Å². The molecule has 2 atom stereocenters. The fourth-order valence-electron chi connectivity index (χ4n) is 3.73. The second-order valence-electron chi connectivity index (χ2n) is 7.27. The Bertz CT molecular complexity index is 863. The van der Waals surface area contributed by atoms with Gasteiger partial charge in [-0.15, -0.1) is 0 Å². The summed E-state index contributed by atoms with van der Waals surface area (Å²) < 4.78 is 5.61. The maximum Gasteiger partial charge on any atom is 0.251 e. The third kappa shape index (κ3) is 3.47. The zero-order chi connectivity index (χ0) is 19.0. The van der Waals surface area contributed by atoms with Crippen molar-refractivity contribution < 1.29 is 14.3 Å². The van der Waals surface area contributed by atoms with Crippen LogP contribution in [0.15, 0.2) is 48.5 Å². The number of anilines is 2. The highest BCUT2D eigenvalue weighted by atomic mass is 16.5. The average Bonchev–Trinajstić information content (AvgIpc) is 3.06. The van der Waals surface area contributed by atoms with Gasteiger partial charge in [0, 0.05) is 18.2 Å². The minimum atomic E-state index is -0.244. The Labute approximate surface area is 158 Å². The largest absolute Gasteiger partial charge is 0.491 e. The van der Waals surface area contributed by atoms with Crippen LogP contribution in [-0.2, 0) is 4.79 Å². The van der Waals surface area contributed by atoms with Crippen LogP contribution in [0.5, 0.6) is 5.75 Å². The molecule has 0 aliphatic carbocycles. The lowest BCUT2D eigenvalue weighted by atomic mass is 10.1. The van der Waals surface area contributed by atoms with Gasteiger partial charge in [-0.05, 0) is 56.7 Å².